The molecule has 1 heterocycles. The van der Waals surface area contributed by atoms with Gasteiger partial charge in [-0.15, -0.1) is 0 Å². The van der Waals surface area contributed by atoms with Crippen LogP contribution in [0.2, 0.25) is 0 Å². The van der Waals surface area contributed by atoms with E-state index < -0.39 is 26.5 Å². The zero-order valence-electron chi connectivity index (χ0n) is 19.0. The number of fused-ring (bicyclic) bond motifs is 1. The van der Waals surface area contributed by atoms with Crippen LogP contribution in [0.3, 0.4) is 0 Å². The maximum Gasteiger partial charge on any atom is 0.243 e. The second-order valence-electron chi connectivity index (χ2n) is 11.2. The summed E-state index contributed by atoms with van der Waals surface area (Å²) in [7, 11) is -3.99. The minimum atomic E-state index is -3.99. The molecule has 1 aromatic heterocycles. The van der Waals surface area contributed by atoms with Crippen LogP contribution in [0.15, 0.2) is 41.4 Å². The van der Waals surface area contributed by atoms with E-state index in [1.165, 1.54) is 6.07 Å². The minimum Gasteiger partial charge on any atom is -0.369 e. The molecule has 7 rings (SSSR count). The molecule has 2 aromatic rings. The molecule has 9 heteroatoms. The van der Waals surface area contributed by atoms with Gasteiger partial charge < -0.3 is 11.1 Å². The average molecular weight is 483 g/mol. The number of carbonyl (C=O) groups excluding carboxylic acids is 2. The highest BCUT2D eigenvalue weighted by Gasteiger charge is 2.61. The number of aromatic nitrogens is 1. The summed E-state index contributed by atoms with van der Waals surface area (Å²) in [6.07, 6.45) is 8.15. The Hall–Kier alpha value is -2.52. The molecule has 180 valence electrons. The topological polar surface area (TPSA) is 131 Å². The Bertz CT molecular complexity index is 1280. The number of para-hydroxylation sites is 1. The molecule has 0 radical (unpaired) electrons. The van der Waals surface area contributed by atoms with Crippen LogP contribution in [0.25, 0.3) is 10.9 Å². The van der Waals surface area contributed by atoms with Gasteiger partial charge in [-0.3, -0.25) is 14.6 Å². The highest BCUT2D eigenvalue weighted by Crippen LogP contribution is 2.61. The molecule has 0 aliphatic heterocycles. The van der Waals surface area contributed by atoms with Crippen molar-refractivity contribution in [2.24, 2.45) is 23.0 Å². The van der Waals surface area contributed by atoms with Crippen molar-refractivity contribution in [3.63, 3.8) is 0 Å². The van der Waals surface area contributed by atoms with E-state index in [-0.39, 0.29) is 16.7 Å². The van der Waals surface area contributed by atoms with Crippen LogP contribution in [0.4, 0.5) is 0 Å². The first-order chi connectivity index (χ1) is 16.1. The lowest BCUT2D eigenvalue weighted by atomic mass is 9.46. The van der Waals surface area contributed by atoms with E-state index in [1.807, 2.05) is 12.1 Å². The van der Waals surface area contributed by atoms with Gasteiger partial charge in [0.05, 0.1) is 10.9 Å². The Morgan fingerprint density at radius 1 is 1.03 bits per heavy atom. The van der Waals surface area contributed by atoms with Crippen molar-refractivity contribution in [2.45, 2.75) is 73.8 Å². The van der Waals surface area contributed by atoms with Gasteiger partial charge >= 0.3 is 0 Å². The van der Waals surface area contributed by atoms with Crippen LogP contribution >= 0.6 is 0 Å². The Morgan fingerprint density at radius 3 is 2.38 bits per heavy atom. The lowest BCUT2D eigenvalue weighted by Crippen LogP contribution is -2.70. The van der Waals surface area contributed by atoms with Crippen molar-refractivity contribution in [1.29, 1.82) is 0 Å². The molecule has 2 unspecified atom stereocenters. The Kier molecular flexibility index (Phi) is 4.68. The number of amides is 2. The number of rotatable bonds is 6. The number of primary amides is 1. The SMILES string of the molecule is NC(=O)C12CC3CC(CC(NC(=O)C4(NS(=O)(=O)c5cccc6cccnc56)CCC4)(C3)C1)C2. The van der Waals surface area contributed by atoms with E-state index in [1.54, 1.807) is 18.3 Å². The van der Waals surface area contributed by atoms with Crippen molar-refractivity contribution < 1.29 is 18.0 Å². The number of nitrogens with one attached hydrogen (secondary N) is 2. The molecular formula is C25H30N4O4S. The molecular weight excluding hydrogens is 452 g/mol. The van der Waals surface area contributed by atoms with Gasteiger partial charge in [0.2, 0.25) is 21.8 Å². The molecule has 5 saturated carbocycles. The van der Waals surface area contributed by atoms with Crippen LogP contribution in [-0.2, 0) is 19.6 Å². The fraction of sp³-hybridized carbons (Fsp3) is 0.560. The van der Waals surface area contributed by atoms with Gasteiger partial charge in [0.15, 0.2) is 0 Å². The molecule has 8 nitrogen and oxygen atoms in total. The second-order valence-corrected chi connectivity index (χ2v) is 12.9. The van der Waals surface area contributed by atoms with Crippen molar-refractivity contribution in [3.05, 3.63) is 36.5 Å². The predicted molar refractivity (Wildman–Crippen MR) is 126 cm³/mol. The molecule has 34 heavy (non-hydrogen) atoms. The molecule has 5 aliphatic carbocycles. The van der Waals surface area contributed by atoms with E-state index in [9.17, 15) is 18.0 Å². The Balaban J connectivity index is 1.28. The van der Waals surface area contributed by atoms with Gasteiger partial charge in [0.25, 0.3) is 0 Å². The van der Waals surface area contributed by atoms with E-state index in [2.05, 4.69) is 15.0 Å². The number of pyridine rings is 1. The molecule has 1 aromatic carbocycles. The number of hydrogen-bond acceptors (Lipinski definition) is 5. The highest BCUT2D eigenvalue weighted by molar-refractivity contribution is 7.89. The lowest BCUT2D eigenvalue weighted by Gasteiger charge is -2.61. The lowest BCUT2D eigenvalue weighted by molar-refractivity contribution is -0.152. The quantitative estimate of drug-likeness (QED) is 0.582. The van der Waals surface area contributed by atoms with Crippen molar-refractivity contribution in [1.82, 2.24) is 15.0 Å². The monoisotopic (exact) mass is 482 g/mol. The summed E-state index contributed by atoms with van der Waals surface area (Å²) in [5.41, 5.74) is 4.03. The van der Waals surface area contributed by atoms with Crippen LogP contribution in [0, 0.1) is 17.3 Å². The van der Waals surface area contributed by atoms with Gasteiger partial charge in [-0.1, -0.05) is 18.2 Å². The summed E-state index contributed by atoms with van der Waals surface area (Å²) in [5, 5.41) is 3.99. The third-order valence-corrected chi connectivity index (χ3v) is 10.4. The van der Waals surface area contributed by atoms with Gasteiger partial charge in [0, 0.05) is 17.1 Å². The molecule has 5 fully saturated rings. The fourth-order valence-corrected chi connectivity index (χ4v) is 9.17. The molecule has 0 saturated heterocycles. The van der Waals surface area contributed by atoms with Crippen molar-refractivity contribution in [3.8, 4) is 0 Å². The molecule has 2 atom stereocenters. The first-order valence-electron chi connectivity index (χ1n) is 12.1. The summed E-state index contributed by atoms with van der Waals surface area (Å²) < 4.78 is 29.7. The second kappa shape index (κ2) is 7.24. The van der Waals surface area contributed by atoms with Crippen LogP contribution in [0.1, 0.15) is 57.8 Å². The standard InChI is InChI=1S/C25H30N4O4S/c26-21(30)23-11-16-10-17(12-23)14-24(13-16,15-23)28-22(31)25(7-3-8-25)29-34(32,33)19-6-1-4-18-5-2-9-27-20(18)19/h1-2,4-6,9,16-17,29H,3,7-8,10-15H2,(H2,26,30)(H,28,31). The summed E-state index contributed by atoms with van der Waals surface area (Å²) in [4.78, 5) is 30.5. The zero-order chi connectivity index (χ0) is 23.8. The normalized spacial score (nSPS) is 33.4. The number of nitrogens with two attached hydrogens (primary N) is 1. The molecule has 2 amide bonds. The smallest absolute Gasteiger partial charge is 0.243 e. The molecule has 4 N–H and O–H groups in total. The van der Waals surface area contributed by atoms with Crippen LogP contribution in [-0.4, -0.2) is 36.3 Å². The first kappa shape index (κ1) is 22.0. The first-order valence-corrected chi connectivity index (χ1v) is 13.6. The zero-order valence-corrected chi connectivity index (χ0v) is 19.9. The largest absolute Gasteiger partial charge is 0.369 e. The van der Waals surface area contributed by atoms with Gasteiger partial charge in [-0.2, -0.15) is 4.72 Å². The van der Waals surface area contributed by atoms with E-state index >= 15 is 0 Å². The average Bonchev–Trinajstić information content (AvgIpc) is 2.74. The molecule has 4 bridgehead atoms. The number of nitrogens with zero attached hydrogens (tertiary/aromatic N) is 1. The summed E-state index contributed by atoms with van der Waals surface area (Å²) in [5.74, 6) is 0.217. The number of sulfonamides is 1. The number of hydrogen-bond donors (Lipinski definition) is 3. The maximum atomic E-state index is 13.7. The Morgan fingerprint density at radius 2 is 1.74 bits per heavy atom. The fourth-order valence-electron chi connectivity index (χ4n) is 7.57. The summed E-state index contributed by atoms with van der Waals surface area (Å²) in [6.45, 7) is 0. The minimum absolute atomic E-state index is 0.0761. The van der Waals surface area contributed by atoms with E-state index in [0.717, 1.165) is 43.9 Å². The van der Waals surface area contributed by atoms with Crippen molar-refractivity contribution >= 4 is 32.7 Å². The van der Waals surface area contributed by atoms with Gasteiger partial charge in [-0.05, 0) is 81.8 Å². The number of benzene rings is 1. The van der Waals surface area contributed by atoms with Gasteiger partial charge in [-0.25, -0.2) is 8.42 Å². The number of carbonyl (C=O) groups is 2. The maximum absolute atomic E-state index is 13.7. The van der Waals surface area contributed by atoms with E-state index in [4.69, 9.17) is 5.73 Å². The van der Waals surface area contributed by atoms with Crippen molar-refractivity contribution in [2.75, 3.05) is 0 Å². The van der Waals surface area contributed by atoms with Crippen LogP contribution < -0.4 is 15.8 Å². The highest BCUT2D eigenvalue weighted by atomic mass is 32.2. The Labute approximate surface area is 199 Å². The summed E-state index contributed by atoms with van der Waals surface area (Å²) in [6, 6.07) is 8.60. The molecule has 0 spiro atoms. The third kappa shape index (κ3) is 3.27. The van der Waals surface area contributed by atoms with Crippen LogP contribution in [0.5, 0.6) is 0 Å². The third-order valence-electron chi connectivity index (χ3n) is 8.82. The predicted octanol–water partition coefficient (Wildman–Crippen LogP) is 2.38. The van der Waals surface area contributed by atoms with Gasteiger partial charge in [0.1, 0.15) is 10.4 Å². The summed E-state index contributed by atoms with van der Waals surface area (Å²) >= 11 is 0. The molecule has 5 aliphatic rings. The van der Waals surface area contributed by atoms with E-state index in [0.29, 0.717) is 36.6 Å².